The van der Waals surface area contributed by atoms with E-state index in [1.165, 1.54) is 0 Å². The summed E-state index contributed by atoms with van der Waals surface area (Å²) in [5.41, 5.74) is 1.72. The predicted molar refractivity (Wildman–Crippen MR) is 76.0 cm³/mol. The van der Waals surface area contributed by atoms with Gasteiger partial charge in [0, 0.05) is 10.0 Å². The van der Waals surface area contributed by atoms with E-state index in [1.807, 2.05) is 18.2 Å². The predicted octanol–water partition coefficient (Wildman–Crippen LogP) is 4.77. The first-order valence-electron chi connectivity index (χ1n) is 5.70. The lowest BCUT2D eigenvalue weighted by Crippen LogP contribution is -2.02. The van der Waals surface area contributed by atoms with Gasteiger partial charge in [-0.3, -0.25) is 0 Å². The van der Waals surface area contributed by atoms with Gasteiger partial charge in [-0.2, -0.15) is 5.26 Å². The van der Waals surface area contributed by atoms with Gasteiger partial charge < -0.3 is 4.74 Å². The van der Waals surface area contributed by atoms with Crippen molar-refractivity contribution >= 4 is 23.2 Å². The van der Waals surface area contributed by atoms with Gasteiger partial charge in [0.15, 0.2) is 6.10 Å². The highest BCUT2D eigenvalue weighted by molar-refractivity contribution is 6.30. The smallest absolute Gasteiger partial charge is 0.169 e. The van der Waals surface area contributed by atoms with Crippen LogP contribution in [0.4, 0.5) is 0 Å². The minimum Gasteiger partial charge on any atom is -0.354 e. The summed E-state index contributed by atoms with van der Waals surface area (Å²) in [5.74, 6) is 0. The Labute approximate surface area is 122 Å². The van der Waals surface area contributed by atoms with Crippen LogP contribution in [0.1, 0.15) is 17.2 Å². The van der Waals surface area contributed by atoms with E-state index in [0.717, 1.165) is 11.1 Å². The molecule has 2 rings (SSSR count). The molecule has 1 unspecified atom stereocenters. The average molecular weight is 292 g/mol. The first kappa shape index (κ1) is 13.9. The highest BCUT2D eigenvalue weighted by atomic mass is 35.5. The van der Waals surface area contributed by atoms with Crippen molar-refractivity contribution < 1.29 is 4.74 Å². The molecule has 0 amide bonds. The molecule has 0 radical (unpaired) electrons. The lowest BCUT2D eigenvalue weighted by atomic mass is 10.1. The van der Waals surface area contributed by atoms with Crippen LogP contribution in [0.25, 0.3) is 0 Å². The molecule has 0 aliphatic carbocycles. The molecule has 0 fully saturated rings. The van der Waals surface area contributed by atoms with Crippen LogP contribution in [-0.2, 0) is 11.3 Å². The SMILES string of the molecule is N#CC(OCc1ccc(Cl)cc1)c1cccc(Cl)c1. The molecule has 0 saturated carbocycles. The molecule has 0 saturated heterocycles. The molecule has 4 heteroatoms. The molecule has 0 aliphatic rings. The zero-order valence-electron chi connectivity index (χ0n) is 10.0. The van der Waals surface area contributed by atoms with Gasteiger partial charge >= 0.3 is 0 Å². The molecular formula is C15H11Cl2NO. The molecule has 96 valence electrons. The standard InChI is InChI=1S/C15H11Cl2NO/c16-13-6-4-11(5-7-13)10-19-15(9-18)12-2-1-3-14(17)8-12/h1-8,15H,10H2. The number of benzene rings is 2. The Balaban J connectivity index is 2.04. The summed E-state index contributed by atoms with van der Waals surface area (Å²) < 4.78 is 5.60. The van der Waals surface area contributed by atoms with Crippen LogP contribution in [-0.4, -0.2) is 0 Å². The van der Waals surface area contributed by atoms with E-state index >= 15 is 0 Å². The third-order valence-electron chi connectivity index (χ3n) is 2.60. The van der Waals surface area contributed by atoms with Crippen molar-refractivity contribution in [2.24, 2.45) is 0 Å². The third-order valence-corrected chi connectivity index (χ3v) is 3.09. The number of halogens is 2. The third kappa shape index (κ3) is 3.97. The number of nitrogens with zero attached hydrogens (tertiary/aromatic N) is 1. The molecule has 2 nitrogen and oxygen atoms in total. The fourth-order valence-electron chi connectivity index (χ4n) is 1.64. The Morgan fingerprint density at radius 3 is 2.42 bits per heavy atom. The molecule has 2 aromatic carbocycles. The number of nitriles is 1. The fourth-order valence-corrected chi connectivity index (χ4v) is 1.96. The van der Waals surface area contributed by atoms with E-state index in [4.69, 9.17) is 33.2 Å². The van der Waals surface area contributed by atoms with Crippen molar-refractivity contribution in [1.29, 1.82) is 5.26 Å². The van der Waals surface area contributed by atoms with E-state index in [2.05, 4.69) is 6.07 Å². The number of hydrogen-bond acceptors (Lipinski definition) is 2. The molecule has 19 heavy (non-hydrogen) atoms. The van der Waals surface area contributed by atoms with Crippen LogP contribution in [0.15, 0.2) is 48.5 Å². The second-order valence-corrected chi connectivity index (χ2v) is 4.87. The van der Waals surface area contributed by atoms with Crippen LogP contribution in [0.5, 0.6) is 0 Å². The Morgan fingerprint density at radius 2 is 1.79 bits per heavy atom. The number of hydrogen-bond donors (Lipinski definition) is 0. The maximum absolute atomic E-state index is 9.15. The van der Waals surface area contributed by atoms with E-state index < -0.39 is 6.10 Å². The Kier molecular flexibility index (Phi) is 4.81. The molecule has 1 atom stereocenters. The van der Waals surface area contributed by atoms with Crippen molar-refractivity contribution in [3.8, 4) is 6.07 Å². The lowest BCUT2D eigenvalue weighted by molar-refractivity contribution is 0.0767. The van der Waals surface area contributed by atoms with Gasteiger partial charge in [-0.15, -0.1) is 0 Å². The minimum atomic E-state index is -0.630. The lowest BCUT2D eigenvalue weighted by Gasteiger charge is -2.11. The molecule has 0 spiro atoms. The van der Waals surface area contributed by atoms with Crippen LogP contribution in [0.3, 0.4) is 0 Å². The largest absolute Gasteiger partial charge is 0.354 e. The summed E-state index contributed by atoms with van der Waals surface area (Å²) in [7, 11) is 0. The van der Waals surface area contributed by atoms with Crippen LogP contribution >= 0.6 is 23.2 Å². The normalized spacial score (nSPS) is 11.8. The van der Waals surface area contributed by atoms with Crippen LogP contribution in [0.2, 0.25) is 10.0 Å². The topological polar surface area (TPSA) is 33.0 Å². The monoisotopic (exact) mass is 291 g/mol. The molecular weight excluding hydrogens is 281 g/mol. The first-order chi connectivity index (χ1) is 9.19. The van der Waals surface area contributed by atoms with Gasteiger partial charge in [0.2, 0.25) is 0 Å². The maximum Gasteiger partial charge on any atom is 0.169 e. The Morgan fingerprint density at radius 1 is 1.05 bits per heavy atom. The van der Waals surface area contributed by atoms with E-state index in [1.54, 1.807) is 30.3 Å². The summed E-state index contributed by atoms with van der Waals surface area (Å²) in [4.78, 5) is 0. The fraction of sp³-hybridized carbons (Fsp3) is 0.133. The van der Waals surface area contributed by atoms with Gasteiger partial charge in [-0.05, 0) is 35.4 Å². The second-order valence-electron chi connectivity index (χ2n) is 4.00. The molecule has 0 heterocycles. The zero-order chi connectivity index (χ0) is 13.7. The molecule has 0 bridgehead atoms. The molecule has 2 aromatic rings. The minimum absolute atomic E-state index is 0.349. The van der Waals surface area contributed by atoms with Crippen molar-refractivity contribution in [2.45, 2.75) is 12.7 Å². The Bertz CT molecular complexity index is 590. The van der Waals surface area contributed by atoms with Gasteiger partial charge in [0.1, 0.15) is 0 Å². The van der Waals surface area contributed by atoms with Crippen LogP contribution in [0, 0.1) is 11.3 Å². The van der Waals surface area contributed by atoms with Crippen molar-refractivity contribution in [1.82, 2.24) is 0 Å². The Hall–Kier alpha value is -1.53. The number of ether oxygens (including phenoxy) is 1. The maximum atomic E-state index is 9.15. The average Bonchev–Trinajstić information content (AvgIpc) is 2.42. The first-order valence-corrected chi connectivity index (χ1v) is 6.46. The molecule has 0 aromatic heterocycles. The summed E-state index contributed by atoms with van der Waals surface area (Å²) in [5, 5.41) is 10.4. The zero-order valence-corrected chi connectivity index (χ0v) is 11.5. The summed E-state index contributed by atoms with van der Waals surface area (Å²) in [6, 6.07) is 16.6. The van der Waals surface area contributed by atoms with E-state index in [-0.39, 0.29) is 0 Å². The summed E-state index contributed by atoms with van der Waals surface area (Å²) in [6.07, 6.45) is -0.630. The summed E-state index contributed by atoms with van der Waals surface area (Å²) >= 11 is 11.7. The molecule has 0 aliphatic heterocycles. The van der Waals surface area contributed by atoms with E-state index in [0.29, 0.717) is 16.7 Å². The van der Waals surface area contributed by atoms with Crippen LogP contribution < -0.4 is 0 Å². The second kappa shape index (κ2) is 6.58. The van der Waals surface area contributed by atoms with Gasteiger partial charge in [0.25, 0.3) is 0 Å². The van der Waals surface area contributed by atoms with Crippen molar-refractivity contribution in [2.75, 3.05) is 0 Å². The highest BCUT2D eigenvalue weighted by Gasteiger charge is 2.11. The molecule has 0 N–H and O–H groups in total. The summed E-state index contributed by atoms with van der Waals surface area (Å²) in [6.45, 7) is 0.349. The van der Waals surface area contributed by atoms with Gasteiger partial charge in [-0.25, -0.2) is 0 Å². The van der Waals surface area contributed by atoms with Crippen molar-refractivity contribution in [3.05, 3.63) is 69.7 Å². The quantitative estimate of drug-likeness (QED) is 0.812. The van der Waals surface area contributed by atoms with E-state index in [9.17, 15) is 0 Å². The van der Waals surface area contributed by atoms with Crippen molar-refractivity contribution in [3.63, 3.8) is 0 Å². The number of rotatable bonds is 4. The highest BCUT2D eigenvalue weighted by Crippen LogP contribution is 2.22. The van der Waals surface area contributed by atoms with Gasteiger partial charge in [0.05, 0.1) is 12.7 Å². The van der Waals surface area contributed by atoms with Gasteiger partial charge in [-0.1, -0.05) is 47.5 Å².